The van der Waals surface area contributed by atoms with Crippen LogP contribution in [0, 0.1) is 12.8 Å². The minimum atomic E-state index is 0.452. The zero-order valence-electron chi connectivity index (χ0n) is 14.1. The summed E-state index contributed by atoms with van der Waals surface area (Å²) < 4.78 is 6.03. The molecule has 2 heteroatoms. The van der Waals surface area contributed by atoms with Gasteiger partial charge in [0.05, 0.1) is 12.2 Å². The molecule has 0 aromatic heterocycles. The number of ether oxygens (including phenoxy) is 1. The van der Waals surface area contributed by atoms with E-state index in [4.69, 9.17) is 4.74 Å². The highest BCUT2D eigenvalue weighted by Gasteiger charge is 2.25. The molecule has 118 valence electrons. The summed E-state index contributed by atoms with van der Waals surface area (Å²) in [4.78, 5) is 0. The topological polar surface area (TPSA) is 21.3 Å². The normalized spacial score (nSPS) is 23.7. The third-order valence-electron chi connectivity index (χ3n) is 4.34. The molecule has 1 N–H and O–H groups in total. The van der Waals surface area contributed by atoms with Crippen molar-refractivity contribution in [3.8, 4) is 0 Å². The molecule has 0 aliphatic carbocycles. The second kappa shape index (κ2) is 7.95. The zero-order chi connectivity index (χ0) is 15.2. The molecule has 0 bridgehead atoms. The SMILES string of the molecule is Cc1cccc(CC(CNC(C)C)CC2CCC(C)O2)c1. The molecule has 3 atom stereocenters. The Labute approximate surface area is 130 Å². The lowest BCUT2D eigenvalue weighted by molar-refractivity contribution is 0.0406. The maximum absolute atomic E-state index is 6.03. The maximum atomic E-state index is 6.03. The first kappa shape index (κ1) is 16.5. The molecule has 1 heterocycles. The van der Waals surface area contributed by atoms with Crippen LogP contribution in [0.2, 0.25) is 0 Å². The van der Waals surface area contributed by atoms with Gasteiger partial charge in [-0.25, -0.2) is 0 Å². The minimum Gasteiger partial charge on any atom is -0.375 e. The molecule has 2 nitrogen and oxygen atoms in total. The smallest absolute Gasteiger partial charge is 0.0583 e. The zero-order valence-corrected chi connectivity index (χ0v) is 14.1. The Kier molecular flexibility index (Phi) is 6.25. The Hall–Kier alpha value is -0.860. The summed E-state index contributed by atoms with van der Waals surface area (Å²) in [6, 6.07) is 9.47. The number of hydrogen-bond acceptors (Lipinski definition) is 2. The first-order chi connectivity index (χ1) is 10.0. The van der Waals surface area contributed by atoms with Gasteiger partial charge in [-0.05, 0) is 57.6 Å². The lowest BCUT2D eigenvalue weighted by Gasteiger charge is -2.23. The monoisotopic (exact) mass is 289 g/mol. The van der Waals surface area contributed by atoms with Crippen molar-refractivity contribution in [2.24, 2.45) is 5.92 Å². The Bertz CT molecular complexity index is 429. The van der Waals surface area contributed by atoms with Crippen LogP contribution in [-0.4, -0.2) is 24.8 Å². The fourth-order valence-corrected chi connectivity index (χ4v) is 3.24. The van der Waals surface area contributed by atoms with Gasteiger partial charge in [0.1, 0.15) is 0 Å². The quantitative estimate of drug-likeness (QED) is 0.815. The molecule has 2 rings (SSSR count). The number of nitrogens with one attached hydrogen (secondary N) is 1. The highest BCUT2D eigenvalue weighted by molar-refractivity contribution is 5.22. The van der Waals surface area contributed by atoms with Gasteiger partial charge in [-0.3, -0.25) is 0 Å². The van der Waals surface area contributed by atoms with Crippen LogP contribution < -0.4 is 5.32 Å². The highest BCUT2D eigenvalue weighted by atomic mass is 16.5. The van der Waals surface area contributed by atoms with Crippen molar-refractivity contribution in [1.29, 1.82) is 0 Å². The van der Waals surface area contributed by atoms with Gasteiger partial charge in [0.2, 0.25) is 0 Å². The number of aryl methyl sites for hydroxylation is 1. The Morgan fingerprint density at radius 1 is 1.29 bits per heavy atom. The largest absolute Gasteiger partial charge is 0.375 e. The molecular weight excluding hydrogens is 258 g/mol. The molecular formula is C19H31NO. The van der Waals surface area contributed by atoms with E-state index in [-0.39, 0.29) is 0 Å². The summed E-state index contributed by atoms with van der Waals surface area (Å²) in [6.45, 7) is 9.89. The van der Waals surface area contributed by atoms with Crippen molar-refractivity contribution in [1.82, 2.24) is 5.32 Å². The van der Waals surface area contributed by atoms with E-state index in [0.717, 1.165) is 13.0 Å². The molecule has 21 heavy (non-hydrogen) atoms. The average Bonchev–Trinajstić information content (AvgIpc) is 2.81. The van der Waals surface area contributed by atoms with Gasteiger partial charge < -0.3 is 10.1 Å². The lowest BCUT2D eigenvalue weighted by atomic mass is 9.92. The summed E-state index contributed by atoms with van der Waals surface area (Å²) in [5.41, 5.74) is 2.81. The maximum Gasteiger partial charge on any atom is 0.0583 e. The van der Waals surface area contributed by atoms with E-state index in [9.17, 15) is 0 Å². The summed E-state index contributed by atoms with van der Waals surface area (Å²) in [7, 11) is 0. The molecule has 0 radical (unpaired) electrons. The Morgan fingerprint density at radius 2 is 2.10 bits per heavy atom. The van der Waals surface area contributed by atoms with Gasteiger partial charge >= 0.3 is 0 Å². The lowest BCUT2D eigenvalue weighted by Crippen LogP contribution is -2.32. The van der Waals surface area contributed by atoms with Crippen LogP contribution in [-0.2, 0) is 11.2 Å². The molecule has 3 unspecified atom stereocenters. The van der Waals surface area contributed by atoms with Gasteiger partial charge in [0.25, 0.3) is 0 Å². The summed E-state index contributed by atoms with van der Waals surface area (Å²) >= 11 is 0. The predicted molar refractivity (Wildman–Crippen MR) is 89.7 cm³/mol. The molecule has 1 aliphatic rings. The van der Waals surface area contributed by atoms with Crippen molar-refractivity contribution in [3.63, 3.8) is 0 Å². The summed E-state index contributed by atoms with van der Waals surface area (Å²) in [5, 5.41) is 3.61. The molecule has 1 aliphatic heterocycles. The third kappa shape index (κ3) is 5.80. The van der Waals surface area contributed by atoms with Gasteiger partial charge in [-0.15, -0.1) is 0 Å². The molecule has 0 spiro atoms. The molecule has 1 saturated heterocycles. The molecule has 1 fully saturated rings. The number of hydrogen-bond donors (Lipinski definition) is 1. The molecule has 1 aromatic carbocycles. The van der Waals surface area contributed by atoms with E-state index < -0.39 is 0 Å². The fraction of sp³-hybridized carbons (Fsp3) is 0.684. The van der Waals surface area contributed by atoms with Crippen LogP contribution in [0.4, 0.5) is 0 Å². The number of rotatable bonds is 7. The van der Waals surface area contributed by atoms with E-state index in [1.54, 1.807) is 0 Å². The van der Waals surface area contributed by atoms with Crippen molar-refractivity contribution in [2.45, 2.75) is 71.6 Å². The van der Waals surface area contributed by atoms with E-state index in [0.29, 0.717) is 24.2 Å². The minimum absolute atomic E-state index is 0.452. The van der Waals surface area contributed by atoms with Crippen LogP contribution >= 0.6 is 0 Å². The fourth-order valence-electron chi connectivity index (χ4n) is 3.24. The van der Waals surface area contributed by atoms with E-state index in [1.807, 2.05) is 0 Å². The molecule has 0 amide bonds. The van der Waals surface area contributed by atoms with Crippen molar-refractivity contribution < 1.29 is 4.74 Å². The van der Waals surface area contributed by atoms with Gasteiger partial charge in [0.15, 0.2) is 0 Å². The molecule has 1 aromatic rings. The van der Waals surface area contributed by atoms with Crippen LogP contribution in [0.3, 0.4) is 0 Å². The van der Waals surface area contributed by atoms with Crippen LogP contribution in [0.25, 0.3) is 0 Å². The van der Waals surface area contributed by atoms with Crippen molar-refractivity contribution >= 4 is 0 Å². The summed E-state index contributed by atoms with van der Waals surface area (Å²) in [5.74, 6) is 0.657. The van der Waals surface area contributed by atoms with E-state index >= 15 is 0 Å². The van der Waals surface area contributed by atoms with Gasteiger partial charge in [-0.2, -0.15) is 0 Å². The van der Waals surface area contributed by atoms with Crippen molar-refractivity contribution in [2.75, 3.05) is 6.54 Å². The second-order valence-corrected chi connectivity index (χ2v) is 7.00. The van der Waals surface area contributed by atoms with E-state index in [1.165, 1.54) is 30.4 Å². The Morgan fingerprint density at radius 3 is 2.71 bits per heavy atom. The summed E-state index contributed by atoms with van der Waals surface area (Å²) in [6.07, 6.45) is 5.69. The first-order valence-corrected chi connectivity index (χ1v) is 8.47. The van der Waals surface area contributed by atoms with Gasteiger partial charge in [-0.1, -0.05) is 43.7 Å². The van der Waals surface area contributed by atoms with Crippen LogP contribution in [0.1, 0.15) is 51.2 Å². The first-order valence-electron chi connectivity index (χ1n) is 8.47. The van der Waals surface area contributed by atoms with E-state index in [2.05, 4.69) is 57.3 Å². The average molecular weight is 289 g/mol. The van der Waals surface area contributed by atoms with Gasteiger partial charge in [0, 0.05) is 6.04 Å². The van der Waals surface area contributed by atoms with Crippen molar-refractivity contribution in [3.05, 3.63) is 35.4 Å². The van der Waals surface area contributed by atoms with Crippen LogP contribution in [0.5, 0.6) is 0 Å². The predicted octanol–water partition coefficient (Wildman–Crippen LogP) is 4.11. The molecule has 0 saturated carbocycles. The highest BCUT2D eigenvalue weighted by Crippen LogP contribution is 2.26. The second-order valence-electron chi connectivity index (χ2n) is 7.00. The van der Waals surface area contributed by atoms with Crippen LogP contribution in [0.15, 0.2) is 24.3 Å². The number of benzene rings is 1. The standard InChI is InChI=1S/C19H31NO/c1-14(2)20-13-18(12-19-9-8-16(4)21-19)11-17-7-5-6-15(3)10-17/h5-7,10,14,16,18-20H,8-9,11-13H2,1-4H3. The Balaban J connectivity index is 1.94. The third-order valence-corrected chi connectivity index (χ3v) is 4.34.